The number of imide groups is 1. The van der Waals surface area contributed by atoms with Crippen molar-refractivity contribution in [3.8, 4) is 11.1 Å². The Labute approximate surface area is 275 Å². The van der Waals surface area contributed by atoms with Crippen molar-refractivity contribution >= 4 is 11.8 Å². The molecule has 7 rings (SSSR count). The molecule has 3 aliphatic heterocycles. The fourth-order valence-corrected chi connectivity index (χ4v) is 7.12. The molecule has 0 saturated carbocycles. The number of amides is 2. The predicted molar refractivity (Wildman–Crippen MR) is 177 cm³/mol. The number of aliphatic hydroxyl groups excluding tert-OH is 1. The lowest BCUT2D eigenvalue weighted by Gasteiger charge is -2.38. The first-order chi connectivity index (χ1) is 23.0. The molecule has 0 spiro atoms. The van der Waals surface area contributed by atoms with Gasteiger partial charge in [-0.3, -0.25) is 19.4 Å². The van der Waals surface area contributed by atoms with Gasteiger partial charge in [0.05, 0.1) is 43.1 Å². The van der Waals surface area contributed by atoms with Crippen LogP contribution in [0, 0.1) is 0 Å². The summed E-state index contributed by atoms with van der Waals surface area (Å²) in [5.41, 5.74) is 6.58. The molecule has 8 heteroatoms. The monoisotopic (exact) mass is 632 g/mol. The predicted octanol–water partition coefficient (Wildman–Crippen LogP) is 6.30. The maximum atomic E-state index is 13.1. The Morgan fingerprint density at radius 3 is 2.15 bits per heavy atom. The Balaban J connectivity index is 1.11. The first-order valence-corrected chi connectivity index (χ1v) is 16.4. The number of carbonyl (C=O) groups is 2. The van der Waals surface area contributed by atoms with E-state index in [-0.39, 0.29) is 37.2 Å². The molecule has 3 aliphatic rings. The van der Waals surface area contributed by atoms with Crippen LogP contribution < -0.4 is 0 Å². The highest BCUT2D eigenvalue weighted by atomic mass is 16.7. The third kappa shape index (κ3) is 6.52. The molecule has 1 N–H and O–H groups in total. The Morgan fingerprint density at radius 2 is 1.47 bits per heavy atom. The smallest absolute Gasteiger partial charge is 0.261 e. The van der Waals surface area contributed by atoms with Crippen molar-refractivity contribution in [3.63, 3.8) is 0 Å². The van der Waals surface area contributed by atoms with Crippen LogP contribution >= 0.6 is 0 Å². The molecular weight excluding hydrogens is 592 g/mol. The van der Waals surface area contributed by atoms with Crippen molar-refractivity contribution in [3.05, 3.63) is 130 Å². The van der Waals surface area contributed by atoms with Gasteiger partial charge in [-0.2, -0.15) is 0 Å². The first kappa shape index (κ1) is 31.4. The van der Waals surface area contributed by atoms with E-state index >= 15 is 0 Å². The number of aliphatic hydroxyl groups is 1. The standard InChI is InChI=1S/C39H40N2O6/c1-45-25-31-8-6-20-40(31)23-32-21-36(28-14-12-26(24-42)13-15-28)47-39(46-32)29-18-16-27(17-19-29)33-9-3-2-7-30(33)22-41-37(43)34-10-4-5-11-35(34)38(41)44/h2-5,7,9-19,31-32,36,39,42H,6,8,20-25H2,1H3. The van der Waals surface area contributed by atoms with E-state index in [9.17, 15) is 14.7 Å². The van der Waals surface area contributed by atoms with Crippen molar-refractivity contribution in [1.29, 1.82) is 0 Å². The molecule has 242 valence electrons. The lowest BCUT2D eigenvalue weighted by Crippen LogP contribution is -2.42. The van der Waals surface area contributed by atoms with Gasteiger partial charge in [-0.1, -0.05) is 84.9 Å². The fraction of sp³-hybridized carbons (Fsp3) is 0.333. The number of ether oxygens (including phenoxy) is 3. The van der Waals surface area contributed by atoms with E-state index in [4.69, 9.17) is 14.2 Å². The van der Waals surface area contributed by atoms with Crippen molar-refractivity contribution in [2.24, 2.45) is 0 Å². The minimum absolute atomic E-state index is 0.00376. The summed E-state index contributed by atoms with van der Waals surface area (Å²) in [6.07, 6.45) is 2.27. The maximum absolute atomic E-state index is 13.1. The van der Waals surface area contributed by atoms with Crippen LogP contribution in [-0.2, 0) is 27.4 Å². The molecule has 4 atom stereocenters. The summed E-state index contributed by atoms with van der Waals surface area (Å²) < 4.78 is 18.7. The van der Waals surface area contributed by atoms with Gasteiger partial charge in [-0.15, -0.1) is 0 Å². The summed E-state index contributed by atoms with van der Waals surface area (Å²) in [5, 5.41) is 9.55. The van der Waals surface area contributed by atoms with Gasteiger partial charge < -0.3 is 19.3 Å². The average Bonchev–Trinajstić information content (AvgIpc) is 3.65. The zero-order chi connectivity index (χ0) is 32.3. The quantitative estimate of drug-likeness (QED) is 0.205. The highest BCUT2D eigenvalue weighted by molar-refractivity contribution is 6.21. The summed E-state index contributed by atoms with van der Waals surface area (Å²) >= 11 is 0. The molecule has 0 bridgehead atoms. The van der Waals surface area contributed by atoms with Gasteiger partial charge in [-0.25, -0.2) is 0 Å². The van der Waals surface area contributed by atoms with Crippen LogP contribution in [0.2, 0.25) is 0 Å². The first-order valence-electron chi connectivity index (χ1n) is 16.4. The number of hydrogen-bond acceptors (Lipinski definition) is 7. The van der Waals surface area contributed by atoms with Crippen molar-refractivity contribution in [1.82, 2.24) is 9.80 Å². The fourth-order valence-electron chi connectivity index (χ4n) is 7.12. The zero-order valence-corrected chi connectivity index (χ0v) is 26.6. The Bertz CT molecular complexity index is 1690. The van der Waals surface area contributed by atoms with Crippen LogP contribution in [-0.4, -0.2) is 65.7 Å². The zero-order valence-electron chi connectivity index (χ0n) is 26.6. The number of hydrogen-bond donors (Lipinski definition) is 1. The third-order valence-corrected chi connectivity index (χ3v) is 9.63. The summed E-state index contributed by atoms with van der Waals surface area (Å²) in [5.74, 6) is -0.528. The minimum Gasteiger partial charge on any atom is -0.392 e. The molecular formula is C39H40N2O6. The molecule has 4 aromatic carbocycles. The van der Waals surface area contributed by atoms with Crippen LogP contribution in [0.4, 0.5) is 0 Å². The Hall–Kier alpha value is -4.18. The number of rotatable bonds is 10. The van der Waals surface area contributed by atoms with Crippen molar-refractivity contribution in [2.75, 3.05) is 26.8 Å². The summed E-state index contributed by atoms with van der Waals surface area (Å²) in [4.78, 5) is 30.0. The maximum Gasteiger partial charge on any atom is 0.261 e. The lowest BCUT2D eigenvalue weighted by atomic mass is 9.97. The van der Waals surface area contributed by atoms with E-state index in [1.807, 2.05) is 72.8 Å². The topological polar surface area (TPSA) is 88.5 Å². The van der Waals surface area contributed by atoms with Gasteiger partial charge in [-0.05, 0) is 59.3 Å². The summed E-state index contributed by atoms with van der Waals surface area (Å²) in [6.45, 7) is 2.75. The third-order valence-electron chi connectivity index (χ3n) is 9.63. The van der Waals surface area contributed by atoms with E-state index in [1.54, 1.807) is 31.4 Å². The molecule has 0 aliphatic carbocycles. The normalized spacial score (nSPS) is 23.0. The second kappa shape index (κ2) is 13.9. The number of nitrogens with zero attached hydrogens (tertiary/aromatic N) is 2. The van der Waals surface area contributed by atoms with Gasteiger partial charge in [0.2, 0.25) is 0 Å². The molecule has 4 unspecified atom stereocenters. The van der Waals surface area contributed by atoms with Crippen LogP contribution in [0.5, 0.6) is 0 Å². The number of benzene rings is 4. The number of fused-ring (bicyclic) bond motifs is 1. The van der Waals surface area contributed by atoms with E-state index in [0.29, 0.717) is 23.8 Å². The molecule has 0 radical (unpaired) electrons. The Morgan fingerprint density at radius 1 is 0.809 bits per heavy atom. The Kier molecular flexibility index (Phi) is 9.29. The molecule has 8 nitrogen and oxygen atoms in total. The minimum atomic E-state index is -0.553. The van der Waals surface area contributed by atoms with Gasteiger partial charge >= 0.3 is 0 Å². The van der Waals surface area contributed by atoms with Crippen LogP contribution in [0.15, 0.2) is 97.1 Å². The van der Waals surface area contributed by atoms with Gasteiger partial charge in [0.15, 0.2) is 6.29 Å². The van der Waals surface area contributed by atoms with Gasteiger partial charge in [0.1, 0.15) is 0 Å². The summed E-state index contributed by atoms with van der Waals surface area (Å²) in [6, 6.07) is 31.4. The highest BCUT2D eigenvalue weighted by Crippen LogP contribution is 2.39. The molecule has 2 amide bonds. The highest BCUT2D eigenvalue weighted by Gasteiger charge is 2.37. The summed E-state index contributed by atoms with van der Waals surface area (Å²) in [7, 11) is 1.76. The van der Waals surface area contributed by atoms with Crippen molar-refractivity contribution in [2.45, 2.75) is 57.0 Å². The van der Waals surface area contributed by atoms with Crippen LogP contribution in [0.1, 0.15) is 74.6 Å². The van der Waals surface area contributed by atoms with E-state index in [1.165, 1.54) is 4.90 Å². The van der Waals surface area contributed by atoms with Gasteiger partial charge in [0.25, 0.3) is 11.8 Å². The van der Waals surface area contributed by atoms with Crippen LogP contribution in [0.25, 0.3) is 11.1 Å². The molecule has 47 heavy (non-hydrogen) atoms. The average molecular weight is 633 g/mol. The van der Waals surface area contributed by atoms with E-state index in [0.717, 1.165) is 65.7 Å². The number of likely N-dealkylation sites (tertiary alicyclic amines) is 1. The molecule has 3 heterocycles. The second-order valence-electron chi connectivity index (χ2n) is 12.6. The lowest BCUT2D eigenvalue weighted by molar-refractivity contribution is -0.253. The van der Waals surface area contributed by atoms with E-state index < -0.39 is 6.29 Å². The van der Waals surface area contributed by atoms with Crippen molar-refractivity contribution < 1.29 is 28.9 Å². The number of carbonyl (C=O) groups excluding carboxylic acids is 2. The SMILES string of the molecule is COCC1CCCN1CC1CC(c2ccc(CO)cc2)OC(c2ccc(-c3ccccc3CN3C(=O)c4ccccc4C3=O)cc2)O1. The van der Waals surface area contributed by atoms with Crippen LogP contribution in [0.3, 0.4) is 0 Å². The number of methoxy groups -OCH3 is 1. The van der Waals surface area contributed by atoms with E-state index in [2.05, 4.69) is 4.90 Å². The molecule has 2 saturated heterocycles. The molecule has 4 aromatic rings. The largest absolute Gasteiger partial charge is 0.392 e. The molecule has 0 aromatic heterocycles. The second-order valence-corrected chi connectivity index (χ2v) is 12.6. The molecule has 2 fully saturated rings. The van der Waals surface area contributed by atoms with Gasteiger partial charge in [0, 0.05) is 31.7 Å².